The first kappa shape index (κ1) is 12.9. The normalized spacial score (nSPS) is 30.5. The minimum absolute atomic E-state index is 0.435. The molecule has 0 spiro atoms. The van der Waals surface area contributed by atoms with Crippen molar-refractivity contribution in [3.05, 3.63) is 29.8 Å². The summed E-state index contributed by atoms with van der Waals surface area (Å²) in [5.41, 5.74) is 7.54. The van der Waals surface area contributed by atoms with Crippen molar-refractivity contribution >= 4 is 0 Å². The van der Waals surface area contributed by atoms with Crippen LogP contribution in [0.3, 0.4) is 0 Å². The first-order chi connectivity index (χ1) is 9.26. The molecular formula is C16H24N2O. The monoisotopic (exact) mass is 260 g/mol. The molecule has 2 N–H and O–H groups in total. The third-order valence-corrected chi connectivity index (χ3v) is 4.60. The van der Waals surface area contributed by atoms with Crippen LogP contribution >= 0.6 is 0 Å². The summed E-state index contributed by atoms with van der Waals surface area (Å²) in [6.45, 7) is 6.17. The number of rotatable bonds is 4. The molecule has 1 aromatic carbocycles. The number of hydrogen-bond donors (Lipinski definition) is 1. The number of nitrogens with two attached hydrogens (primary N) is 1. The van der Waals surface area contributed by atoms with E-state index in [0.717, 1.165) is 30.7 Å². The van der Waals surface area contributed by atoms with E-state index in [4.69, 9.17) is 10.5 Å². The number of benzene rings is 1. The van der Waals surface area contributed by atoms with E-state index in [9.17, 15) is 0 Å². The van der Waals surface area contributed by atoms with Crippen LogP contribution in [0.2, 0.25) is 0 Å². The molecule has 0 amide bonds. The fourth-order valence-corrected chi connectivity index (χ4v) is 3.69. The van der Waals surface area contributed by atoms with Gasteiger partial charge in [-0.3, -0.25) is 4.90 Å². The number of nitrogens with zero attached hydrogens (tertiary/aromatic N) is 1. The Kier molecular flexibility index (Phi) is 3.76. The highest BCUT2D eigenvalue weighted by molar-refractivity contribution is 5.28. The predicted octanol–water partition coefficient (Wildman–Crippen LogP) is 2.25. The Hall–Kier alpha value is -1.06. The molecule has 0 radical (unpaired) electrons. The second kappa shape index (κ2) is 5.51. The lowest BCUT2D eigenvalue weighted by Gasteiger charge is -2.18. The zero-order valence-corrected chi connectivity index (χ0v) is 11.7. The lowest BCUT2D eigenvalue weighted by molar-refractivity contribution is 0.296. The average Bonchev–Trinajstić information content (AvgIpc) is 2.93. The lowest BCUT2D eigenvalue weighted by Crippen LogP contribution is -2.30. The maximum Gasteiger partial charge on any atom is 0.119 e. The van der Waals surface area contributed by atoms with Gasteiger partial charge in [0.1, 0.15) is 5.75 Å². The zero-order valence-electron chi connectivity index (χ0n) is 11.7. The van der Waals surface area contributed by atoms with Crippen LogP contribution in [-0.4, -0.2) is 30.6 Å². The van der Waals surface area contributed by atoms with Gasteiger partial charge in [-0.1, -0.05) is 12.1 Å². The molecule has 3 atom stereocenters. The molecule has 104 valence electrons. The van der Waals surface area contributed by atoms with Gasteiger partial charge >= 0.3 is 0 Å². The van der Waals surface area contributed by atoms with Crippen molar-refractivity contribution in [1.29, 1.82) is 0 Å². The molecule has 0 aromatic heterocycles. The van der Waals surface area contributed by atoms with Crippen LogP contribution in [0.4, 0.5) is 0 Å². The van der Waals surface area contributed by atoms with E-state index in [2.05, 4.69) is 23.1 Å². The quantitative estimate of drug-likeness (QED) is 0.902. The standard InChI is InChI=1S/C16H24N2O/c1-2-19-14-5-3-4-12(8-14)9-18-10-13-6-7-16(17)15(13)11-18/h3-5,8,13,15-16H,2,6-7,9-11,17H2,1H3. The van der Waals surface area contributed by atoms with Crippen LogP contribution in [0.25, 0.3) is 0 Å². The average molecular weight is 260 g/mol. The molecule has 1 saturated carbocycles. The molecule has 2 fully saturated rings. The van der Waals surface area contributed by atoms with E-state index >= 15 is 0 Å². The Morgan fingerprint density at radius 2 is 2.21 bits per heavy atom. The topological polar surface area (TPSA) is 38.5 Å². The van der Waals surface area contributed by atoms with Gasteiger partial charge in [0.15, 0.2) is 0 Å². The number of hydrogen-bond acceptors (Lipinski definition) is 3. The van der Waals surface area contributed by atoms with Crippen molar-refractivity contribution < 1.29 is 4.74 Å². The number of likely N-dealkylation sites (tertiary alicyclic amines) is 1. The van der Waals surface area contributed by atoms with Crippen LogP contribution in [-0.2, 0) is 6.54 Å². The highest BCUT2D eigenvalue weighted by atomic mass is 16.5. The molecule has 3 unspecified atom stereocenters. The van der Waals surface area contributed by atoms with E-state index < -0.39 is 0 Å². The summed E-state index contributed by atoms with van der Waals surface area (Å²) in [4.78, 5) is 2.55. The number of fused-ring (bicyclic) bond motifs is 1. The largest absolute Gasteiger partial charge is 0.494 e. The van der Waals surface area contributed by atoms with E-state index in [1.165, 1.54) is 31.5 Å². The molecule has 3 rings (SSSR count). The van der Waals surface area contributed by atoms with Gasteiger partial charge in [0.05, 0.1) is 6.61 Å². The van der Waals surface area contributed by atoms with Gasteiger partial charge < -0.3 is 10.5 Å². The maximum absolute atomic E-state index is 6.19. The fraction of sp³-hybridized carbons (Fsp3) is 0.625. The Bertz CT molecular complexity index is 435. The minimum atomic E-state index is 0.435. The molecule has 1 aliphatic heterocycles. The van der Waals surface area contributed by atoms with Gasteiger partial charge in [-0.25, -0.2) is 0 Å². The summed E-state index contributed by atoms with van der Waals surface area (Å²) >= 11 is 0. The smallest absolute Gasteiger partial charge is 0.119 e. The second-order valence-electron chi connectivity index (χ2n) is 5.94. The van der Waals surface area contributed by atoms with Gasteiger partial charge in [-0.05, 0) is 49.3 Å². The highest BCUT2D eigenvalue weighted by Crippen LogP contribution is 2.37. The molecule has 1 heterocycles. The Balaban J connectivity index is 1.61. The molecule has 1 saturated heterocycles. The van der Waals surface area contributed by atoms with Crippen LogP contribution in [0.15, 0.2) is 24.3 Å². The van der Waals surface area contributed by atoms with Gasteiger partial charge in [0.2, 0.25) is 0 Å². The summed E-state index contributed by atoms with van der Waals surface area (Å²) in [5, 5.41) is 0. The summed E-state index contributed by atoms with van der Waals surface area (Å²) in [6.07, 6.45) is 2.55. The fourth-order valence-electron chi connectivity index (χ4n) is 3.69. The molecule has 0 bridgehead atoms. The van der Waals surface area contributed by atoms with Crippen LogP contribution in [0.1, 0.15) is 25.3 Å². The molecular weight excluding hydrogens is 236 g/mol. The Morgan fingerprint density at radius 1 is 1.32 bits per heavy atom. The van der Waals surface area contributed by atoms with Gasteiger partial charge in [0.25, 0.3) is 0 Å². The van der Waals surface area contributed by atoms with Crippen molar-refractivity contribution in [2.75, 3.05) is 19.7 Å². The molecule has 3 heteroatoms. The van der Waals surface area contributed by atoms with E-state index in [1.807, 2.05) is 13.0 Å². The van der Waals surface area contributed by atoms with E-state index in [-0.39, 0.29) is 0 Å². The minimum Gasteiger partial charge on any atom is -0.494 e. The summed E-state index contributed by atoms with van der Waals surface area (Å²) < 4.78 is 5.56. The third kappa shape index (κ3) is 2.77. The Morgan fingerprint density at radius 3 is 3.00 bits per heavy atom. The van der Waals surface area contributed by atoms with Crippen molar-refractivity contribution in [3.8, 4) is 5.75 Å². The van der Waals surface area contributed by atoms with Gasteiger partial charge in [-0.2, -0.15) is 0 Å². The molecule has 2 aliphatic rings. The van der Waals surface area contributed by atoms with Crippen molar-refractivity contribution in [1.82, 2.24) is 4.90 Å². The second-order valence-corrected chi connectivity index (χ2v) is 5.94. The lowest BCUT2D eigenvalue weighted by atomic mass is 9.98. The van der Waals surface area contributed by atoms with Gasteiger partial charge in [-0.15, -0.1) is 0 Å². The first-order valence-corrected chi connectivity index (χ1v) is 7.46. The predicted molar refractivity (Wildman–Crippen MR) is 77.1 cm³/mol. The molecule has 19 heavy (non-hydrogen) atoms. The van der Waals surface area contributed by atoms with Crippen LogP contribution in [0, 0.1) is 11.8 Å². The van der Waals surface area contributed by atoms with E-state index in [0.29, 0.717) is 6.04 Å². The summed E-state index contributed by atoms with van der Waals surface area (Å²) in [7, 11) is 0. The highest BCUT2D eigenvalue weighted by Gasteiger charge is 2.40. The third-order valence-electron chi connectivity index (χ3n) is 4.60. The first-order valence-electron chi connectivity index (χ1n) is 7.46. The van der Waals surface area contributed by atoms with Crippen molar-refractivity contribution in [3.63, 3.8) is 0 Å². The van der Waals surface area contributed by atoms with Crippen molar-refractivity contribution in [2.45, 2.75) is 32.4 Å². The molecule has 1 aromatic rings. The Labute approximate surface area is 115 Å². The molecule has 1 aliphatic carbocycles. The summed E-state index contributed by atoms with van der Waals surface area (Å²) in [6, 6.07) is 8.91. The SMILES string of the molecule is CCOc1cccc(CN2CC3CCC(N)C3C2)c1. The number of ether oxygens (including phenoxy) is 1. The van der Waals surface area contributed by atoms with Crippen molar-refractivity contribution in [2.24, 2.45) is 17.6 Å². The maximum atomic E-state index is 6.19. The summed E-state index contributed by atoms with van der Waals surface area (Å²) in [5.74, 6) is 2.55. The van der Waals surface area contributed by atoms with E-state index in [1.54, 1.807) is 0 Å². The van der Waals surface area contributed by atoms with Gasteiger partial charge in [0, 0.05) is 25.7 Å². The molecule has 3 nitrogen and oxygen atoms in total. The van der Waals surface area contributed by atoms with Crippen LogP contribution < -0.4 is 10.5 Å². The zero-order chi connectivity index (χ0) is 13.2. The van der Waals surface area contributed by atoms with Crippen LogP contribution in [0.5, 0.6) is 5.75 Å².